The molecule has 5 heteroatoms. The molecule has 0 radical (unpaired) electrons. The van der Waals surface area contributed by atoms with Crippen LogP contribution in [0.5, 0.6) is 0 Å². The van der Waals surface area contributed by atoms with Gasteiger partial charge in [-0.25, -0.2) is 4.39 Å². The van der Waals surface area contributed by atoms with E-state index >= 15 is 0 Å². The number of halogens is 2. The number of rotatable bonds is 3. The zero-order valence-electron chi connectivity index (χ0n) is 13.5. The molecule has 1 aliphatic heterocycles. The molecule has 1 heterocycles. The first-order chi connectivity index (χ1) is 10.6. The number of anilines is 1. The van der Waals surface area contributed by atoms with Crippen molar-refractivity contribution in [3.8, 4) is 0 Å². The predicted octanol–water partition coefficient (Wildman–Crippen LogP) is 3.83. The van der Waals surface area contributed by atoms with Crippen LogP contribution in [0.3, 0.4) is 0 Å². The molecule has 2 aliphatic rings. The minimum absolute atomic E-state index is 0. The highest BCUT2D eigenvalue weighted by Gasteiger charge is 2.35. The summed E-state index contributed by atoms with van der Waals surface area (Å²) in [7, 11) is 0. The lowest BCUT2D eigenvalue weighted by Crippen LogP contribution is -2.42. The zero-order chi connectivity index (χ0) is 15.6. The van der Waals surface area contributed by atoms with E-state index < -0.39 is 0 Å². The van der Waals surface area contributed by atoms with Gasteiger partial charge in [0.2, 0.25) is 5.91 Å². The first kappa shape index (κ1) is 18.2. The fraction of sp³-hybridized carbons (Fsp3) is 0.611. The van der Waals surface area contributed by atoms with Gasteiger partial charge in [-0.15, -0.1) is 12.4 Å². The SMILES string of the molecule is Cl.NCC1(CC(=O)N2CCCc3cc(F)ccc32)CCCCC1. The average Bonchev–Trinajstić information content (AvgIpc) is 2.54. The number of carbonyl (C=O) groups is 1. The number of amides is 1. The van der Waals surface area contributed by atoms with E-state index in [4.69, 9.17) is 5.73 Å². The van der Waals surface area contributed by atoms with Crippen molar-refractivity contribution in [3.05, 3.63) is 29.6 Å². The van der Waals surface area contributed by atoms with E-state index in [0.717, 1.165) is 43.5 Å². The Morgan fingerprint density at radius 2 is 1.96 bits per heavy atom. The summed E-state index contributed by atoms with van der Waals surface area (Å²) in [6.45, 7) is 1.32. The highest BCUT2D eigenvalue weighted by molar-refractivity contribution is 5.95. The summed E-state index contributed by atoms with van der Waals surface area (Å²) in [4.78, 5) is 14.7. The van der Waals surface area contributed by atoms with E-state index in [9.17, 15) is 9.18 Å². The summed E-state index contributed by atoms with van der Waals surface area (Å²) in [6.07, 6.45) is 7.98. The molecule has 0 unspecified atom stereocenters. The van der Waals surface area contributed by atoms with Crippen LogP contribution < -0.4 is 10.6 Å². The Balaban J connectivity index is 0.00000192. The van der Waals surface area contributed by atoms with Crippen LogP contribution in [0, 0.1) is 11.2 Å². The number of carbonyl (C=O) groups excluding carboxylic acids is 1. The average molecular weight is 341 g/mol. The van der Waals surface area contributed by atoms with Crippen LogP contribution in [0.15, 0.2) is 18.2 Å². The summed E-state index contributed by atoms with van der Waals surface area (Å²) in [5.41, 5.74) is 7.83. The minimum Gasteiger partial charge on any atom is -0.330 e. The first-order valence-corrected chi connectivity index (χ1v) is 8.42. The molecule has 0 atom stereocenters. The lowest BCUT2D eigenvalue weighted by Gasteiger charge is -2.38. The molecule has 1 aromatic rings. The fourth-order valence-electron chi connectivity index (χ4n) is 4.00. The Kier molecular flexibility index (Phi) is 6.04. The Labute approximate surface area is 143 Å². The Morgan fingerprint density at radius 1 is 1.22 bits per heavy atom. The Bertz CT molecular complexity index is 558. The third kappa shape index (κ3) is 3.86. The highest BCUT2D eigenvalue weighted by Crippen LogP contribution is 2.40. The van der Waals surface area contributed by atoms with Gasteiger partial charge in [-0.3, -0.25) is 4.79 Å². The number of aryl methyl sites for hydroxylation is 1. The number of fused-ring (bicyclic) bond motifs is 1. The first-order valence-electron chi connectivity index (χ1n) is 8.42. The van der Waals surface area contributed by atoms with Crippen molar-refractivity contribution in [3.63, 3.8) is 0 Å². The standard InChI is InChI=1S/C18H25FN2O.ClH/c19-15-6-7-16-14(11-15)5-4-10-21(16)17(22)12-18(13-20)8-2-1-3-9-18;/h6-7,11H,1-5,8-10,12-13,20H2;1H. The summed E-state index contributed by atoms with van der Waals surface area (Å²) in [5.74, 6) is -0.0707. The van der Waals surface area contributed by atoms with E-state index in [1.165, 1.54) is 25.3 Å². The third-order valence-electron chi connectivity index (χ3n) is 5.33. The van der Waals surface area contributed by atoms with Crippen molar-refractivity contribution in [1.29, 1.82) is 0 Å². The van der Waals surface area contributed by atoms with Crippen LogP contribution in [0.1, 0.15) is 50.5 Å². The van der Waals surface area contributed by atoms with Crippen molar-refractivity contribution in [2.75, 3.05) is 18.0 Å². The molecule has 3 nitrogen and oxygen atoms in total. The maximum Gasteiger partial charge on any atom is 0.227 e. The van der Waals surface area contributed by atoms with Gasteiger partial charge in [0.1, 0.15) is 5.82 Å². The second-order valence-electron chi connectivity index (χ2n) is 6.86. The molecule has 0 saturated heterocycles. The normalized spacial score (nSPS) is 19.7. The van der Waals surface area contributed by atoms with Crippen molar-refractivity contribution < 1.29 is 9.18 Å². The van der Waals surface area contributed by atoms with Crippen molar-refractivity contribution in [2.45, 2.75) is 51.4 Å². The number of hydrogen-bond donors (Lipinski definition) is 1. The largest absolute Gasteiger partial charge is 0.330 e. The van der Waals surface area contributed by atoms with Crippen LogP contribution in [0.25, 0.3) is 0 Å². The van der Waals surface area contributed by atoms with Gasteiger partial charge in [0.05, 0.1) is 0 Å². The van der Waals surface area contributed by atoms with Crippen LogP contribution in [0.4, 0.5) is 10.1 Å². The van der Waals surface area contributed by atoms with Crippen molar-refractivity contribution in [2.24, 2.45) is 11.1 Å². The topological polar surface area (TPSA) is 46.3 Å². The maximum absolute atomic E-state index is 13.4. The Hall–Kier alpha value is -1.13. The van der Waals surface area contributed by atoms with Gasteiger partial charge in [0.15, 0.2) is 0 Å². The zero-order valence-corrected chi connectivity index (χ0v) is 14.3. The molecule has 0 bridgehead atoms. The van der Waals surface area contributed by atoms with Gasteiger partial charge in [-0.05, 0) is 61.4 Å². The summed E-state index contributed by atoms with van der Waals surface area (Å²) in [6, 6.07) is 4.76. The van der Waals surface area contributed by atoms with Gasteiger partial charge >= 0.3 is 0 Å². The van der Waals surface area contributed by atoms with E-state index in [1.54, 1.807) is 12.1 Å². The molecule has 3 rings (SSSR count). The maximum atomic E-state index is 13.4. The molecule has 23 heavy (non-hydrogen) atoms. The van der Waals surface area contributed by atoms with E-state index in [2.05, 4.69) is 0 Å². The van der Waals surface area contributed by atoms with Gasteiger partial charge in [0.25, 0.3) is 0 Å². The predicted molar refractivity (Wildman–Crippen MR) is 93.5 cm³/mol. The fourth-order valence-corrected chi connectivity index (χ4v) is 4.00. The molecule has 0 spiro atoms. The molecule has 1 saturated carbocycles. The van der Waals surface area contributed by atoms with E-state index in [-0.39, 0.29) is 29.5 Å². The lowest BCUT2D eigenvalue weighted by atomic mass is 9.71. The highest BCUT2D eigenvalue weighted by atomic mass is 35.5. The molecule has 128 valence electrons. The molecule has 1 fully saturated rings. The molecule has 0 aromatic heterocycles. The van der Waals surface area contributed by atoms with Crippen LogP contribution in [-0.4, -0.2) is 19.0 Å². The quantitative estimate of drug-likeness (QED) is 0.909. The van der Waals surface area contributed by atoms with Crippen LogP contribution in [0.2, 0.25) is 0 Å². The number of benzene rings is 1. The molecular formula is C18H26ClFN2O. The van der Waals surface area contributed by atoms with E-state index in [1.807, 2.05) is 4.90 Å². The lowest BCUT2D eigenvalue weighted by molar-refractivity contribution is -0.121. The Morgan fingerprint density at radius 3 is 2.65 bits per heavy atom. The summed E-state index contributed by atoms with van der Waals surface area (Å²) >= 11 is 0. The summed E-state index contributed by atoms with van der Waals surface area (Å²) < 4.78 is 13.4. The molecule has 1 aromatic carbocycles. The second kappa shape index (κ2) is 7.63. The molecule has 1 aliphatic carbocycles. The second-order valence-corrected chi connectivity index (χ2v) is 6.86. The van der Waals surface area contributed by atoms with Crippen molar-refractivity contribution in [1.82, 2.24) is 0 Å². The molecule has 2 N–H and O–H groups in total. The molecular weight excluding hydrogens is 315 g/mol. The third-order valence-corrected chi connectivity index (χ3v) is 5.33. The molecule has 1 amide bonds. The number of nitrogens with two attached hydrogens (primary N) is 1. The number of nitrogens with zero attached hydrogens (tertiary/aromatic N) is 1. The minimum atomic E-state index is -0.223. The van der Waals surface area contributed by atoms with Gasteiger partial charge in [0, 0.05) is 18.7 Å². The van der Waals surface area contributed by atoms with Crippen LogP contribution in [-0.2, 0) is 11.2 Å². The van der Waals surface area contributed by atoms with Crippen LogP contribution >= 0.6 is 12.4 Å². The monoisotopic (exact) mass is 340 g/mol. The van der Waals surface area contributed by atoms with E-state index in [0.29, 0.717) is 13.0 Å². The van der Waals surface area contributed by atoms with Gasteiger partial charge in [-0.1, -0.05) is 19.3 Å². The van der Waals surface area contributed by atoms with Gasteiger partial charge in [-0.2, -0.15) is 0 Å². The van der Waals surface area contributed by atoms with Crippen molar-refractivity contribution >= 4 is 24.0 Å². The summed E-state index contributed by atoms with van der Waals surface area (Å²) in [5, 5.41) is 0. The number of hydrogen-bond acceptors (Lipinski definition) is 2. The van der Waals surface area contributed by atoms with Gasteiger partial charge < -0.3 is 10.6 Å². The smallest absolute Gasteiger partial charge is 0.227 e.